The zero-order chi connectivity index (χ0) is 15.7. The molecule has 0 saturated heterocycles. The van der Waals surface area contributed by atoms with Gasteiger partial charge in [0.15, 0.2) is 5.13 Å². The molecule has 0 unspecified atom stereocenters. The number of methoxy groups -OCH3 is 1. The molecular weight excluding hydrogens is 320 g/mol. The van der Waals surface area contributed by atoms with Gasteiger partial charge < -0.3 is 4.74 Å². The molecule has 0 aliphatic carbocycles. The van der Waals surface area contributed by atoms with E-state index in [2.05, 4.69) is 10.3 Å². The Kier molecular flexibility index (Phi) is 4.00. The predicted molar refractivity (Wildman–Crippen MR) is 90.3 cm³/mol. The van der Waals surface area contributed by atoms with Crippen molar-refractivity contribution in [3.05, 3.63) is 52.5 Å². The molecule has 0 bridgehead atoms. The van der Waals surface area contributed by atoms with Gasteiger partial charge in [-0.2, -0.15) is 0 Å². The number of nitrogens with one attached hydrogen (secondary N) is 1. The topological polar surface area (TPSA) is 51.2 Å². The number of benzene rings is 2. The first-order valence-corrected chi connectivity index (χ1v) is 7.78. The van der Waals surface area contributed by atoms with Crippen LogP contribution in [0.5, 0.6) is 5.75 Å². The lowest BCUT2D eigenvalue weighted by Gasteiger charge is -2.01. The van der Waals surface area contributed by atoms with E-state index in [0.717, 1.165) is 15.8 Å². The first-order chi connectivity index (χ1) is 10.6. The third-order valence-electron chi connectivity index (χ3n) is 3.20. The molecule has 3 rings (SSSR count). The average Bonchev–Trinajstić information content (AvgIpc) is 2.87. The van der Waals surface area contributed by atoms with Crippen LogP contribution in [0.15, 0.2) is 36.4 Å². The van der Waals surface area contributed by atoms with Crippen molar-refractivity contribution in [2.75, 3.05) is 12.4 Å². The van der Waals surface area contributed by atoms with Crippen molar-refractivity contribution in [3.63, 3.8) is 0 Å². The van der Waals surface area contributed by atoms with Crippen LogP contribution in [0.1, 0.15) is 15.9 Å². The monoisotopic (exact) mass is 332 g/mol. The molecule has 1 amide bonds. The summed E-state index contributed by atoms with van der Waals surface area (Å²) >= 11 is 7.46. The lowest BCUT2D eigenvalue weighted by molar-refractivity contribution is 0.102. The highest BCUT2D eigenvalue weighted by atomic mass is 35.5. The predicted octanol–water partition coefficient (Wildman–Crippen LogP) is 4.52. The number of amides is 1. The van der Waals surface area contributed by atoms with Gasteiger partial charge >= 0.3 is 0 Å². The molecule has 0 aliphatic heterocycles. The maximum atomic E-state index is 12.2. The van der Waals surface area contributed by atoms with Gasteiger partial charge in [0.2, 0.25) is 0 Å². The minimum Gasteiger partial charge on any atom is -0.495 e. The summed E-state index contributed by atoms with van der Waals surface area (Å²) in [6.07, 6.45) is 0. The van der Waals surface area contributed by atoms with Crippen LogP contribution in [-0.2, 0) is 0 Å². The molecule has 2 aromatic carbocycles. The van der Waals surface area contributed by atoms with Crippen LogP contribution in [0.3, 0.4) is 0 Å². The quantitative estimate of drug-likeness (QED) is 0.767. The van der Waals surface area contributed by atoms with Crippen molar-refractivity contribution in [1.82, 2.24) is 4.98 Å². The second-order valence-electron chi connectivity index (χ2n) is 4.79. The van der Waals surface area contributed by atoms with E-state index in [1.54, 1.807) is 25.3 Å². The summed E-state index contributed by atoms with van der Waals surface area (Å²) in [5.41, 5.74) is 2.44. The van der Waals surface area contributed by atoms with Crippen molar-refractivity contribution in [1.29, 1.82) is 0 Å². The highest BCUT2D eigenvalue weighted by Crippen LogP contribution is 2.34. The Morgan fingerprint density at radius 2 is 2.00 bits per heavy atom. The lowest BCUT2D eigenvalue weighted by atomic mass is 10.1. The molecule has 1 N–H and O–H groups in total. The fourth-order valence-corrected chi connectivity index (χ4v) is 3.12. The fraction of sp³-hybridized carbons (Fsp3) is 0.125. The normalized spacial score (nSPS) is 10.7. The summed E-state index contributed by atoms with van der Waals surface area (Å²) in [6, 6.07) is 10.9. The Labute approximate surface area is 136 Å². The maximum Gasteiger partial charge on any atom is 0.257 e. The third-order valence-corrected chi connectivity index (χ3v) is 4.43. The summed E-state index contributed by atoms with van der Waals surface area (Å²) in [4.78, 5) is 16.6. The Balaban J connectivity index is 1.87. The number of carbonyl (C=O) groups excluding carboxylic acids is 1. The van der Waals surface area contributed by atoms with Crippen molar-refractivity contribution in [2.24, 2.45) is 0 Å². The molecular formula is C16H13ClN2O2S. The van der Waals surface area contributed by atoms with Crippen molar-refractivity contribution in [3.8, 4) is 5.75 Å². The number of aromatic nitrogens is 1. The van der Waals surface area contributed by atoms with Gasteiger partial charge in [-0.1, -0.05) is 40.6 Å². The van der Waals surface area contributed by atoms with Crippen LogP contribution in [0.25, 0.3) is 10.2 Å². The number of rotatable bonds is 3. The Morgan fingerprint density at radius 1 is 1.27 bits per heavy atom. The lowest BCUT2D eigenvalue weighted by Crippen LogP contribution is -2.11. The molecule has 0 aliphatic rings. The number of carbonyl (C=O) groups is 1. The Hall–Kier alpha value is -2.11. The van der Waals surface area contributed by atoms with E-state index >= 15 is 0 Å². The van der Waals surface area contributed by atoms with Gasteiger partial charge in [0.05, 0.1) is 22.3 Å². The van der Waals surface area contributed by atoms with Crippen LogP contribution >= 0.6 is 22.9 Å². The molecule has 4 nitrogen and oxygen atoms in total. The molecule has 1 heterocycles. The number of hydrogen-bond donors (Lipinski definition) is 1. The highest BCUT2D eigenvalue weighted by molar-refractivity contribution is 7.22. The number of fused-ring (bicyclic) bond motifs is 1. The number of nitrogens with zero attached hydrogens (tertiary/aromatic N) is 1. The van der Waals surface area contributed by atoms with Crippen LogP contribution in [0.4, 0.5) is 5.13 Å². The smallest absolute Gasteiger partial charge is 0.257 e. The van der Waals surface area contributed by atoms with Crippen LogP contribution in [0, 0.1) is 6.92 Å². The number of aryl methyl sites for hydroxylation is 1. The van der Waals surface area contributed by atoms with E-state index < -0.39 is 0 Å². The molecule has 0 atom stereocenters. The molecule has 0 fully saturated rings. The van der Waals surface area contributed by atoms with Crippen molar-refractivity contribution < 1.29 is 9.53 Å². The summed E-state index contributed by atoms with van der Waals surface area (Å²) < 4.78 is 6.09. The second kappa shape index (κ2) is 5.94. The Bertz CT molecular complexity index is 843. The SMILES string of the molecule is COc1cc2sc(NC(=O)c3ccc(C)cc3)nc2cc1Cl. The Morgan fingerprint density at radius 3 is 2.68 bits per heavy atom. The third kappa shape index (κ3) is 2.91. The zero-order valence-electron chi connectivity index (χ0n) is 12.0. The van der Waals surface area contributed by atoms with E-state index in [9.17, 15) is 4.79 Å². The van der Waals surface area contributed by atoms with Crippen molar-refractivity contribution >= 4 is 44.2 Å². The van der Waals surface area contributed by atoms with E-state index in [0.29, 0.717) is 21.5 Å². The van der Waals surface area contributed by atoms with Gasteiger partial charge in [-0.3, -0.25) is 10.1 Å². The number of ether oxygens (including phenoxy) is 1. The largest absolute Gasteiger partial charge is 0.495 e. The summed E-state index contributed by atoms with van der Waals surface area (Å²) in [7, 11) is 1.56. The fourth-order valence-electron chi connectivity index (χ4n) is 2.01. The first-order valence-electron chi connectivity index (χ1n) is 6.59. The standard InChI is InChI=1S/C16H13ClN2O2S/c1-9-3-5-10(6-4-9)15(20)19-16-18-12-7-11(17)13(21-2)8-14(12)22-16/h3-8H,1-2H3,(H,18,19,20). The molecule has 3 aromatic rings. The minimum absolute atomic E-state index is 0.183. The molecule has 112 valence electrons. The average molecular weight is 333 g/mol. The summed E-state index contributed by atoms with van der Waals surface area (Å²) in [5, 5.41) is 3.84. The van der Waals surface area contributed by atoms with E-state index in [4.69, 9.17) is 16.3 Å². The minimum atomic E-state index is -0.183. The molecule has 0 saturated carbocycles. The van der Waals surface area contributed by atoms with Gasteiger partial charge in [0.1, 0.15) is 5.75 Å². The molecule has 0 spiro atoms. The number of hydrogen-bond acceptors (Lipinski definition) is 4. The highest BCUT2D eigenvalue weighted by Gasteiger charge is 2.12. The number of thiazole rings is 1. The molecule has 0 radical (unpaired) electrons. The zero-order valence-corrected chi connectivity index (χ0v) is 13.6. The van der Waals surface area contributed by atoms with Gasteiger partial charge in [-0.25, -0.2) is 4.98 Å². The maximum absolute atomic E-state index is 12.2. The molecule has 22 heavy (non-hydrogen) atoms. The van der Waals surface area contributed by atoms with Gasteiger partial charge in [0, 0.05) is 11.6 Å². The number of anilines is 1. The van der Waals surface area contributed by atoms with E-state index in [1.807, 2.05) is 25.1 Å². The van der Waals surface area contributed by atoms with Gasteiger partial charge in [-0.05, 0) is 25.1 Å². The second-order valence-corrected chi connectivity index (χ2v) is 6.23. The molecule has 6 heteroatoms. The van der Waals surface area contributed by atoms with E-state index in [-0.39, 0.29) is 5.91 Å². The summed E-state index contributed by atoms with van der Waals surface area (Å²) in [6.45, 7) is 1.98. The van der Waals surface area contributed by atoms with Gasteiger partial charge in [0.25, 0.3) is 5.91 Å². The van der Waals surface area contributed by atoms with Crippen molar-refractivity contribution in [2.45, 2.75) is 6.92 Å². The number of halogens is 1. The first kappa shape index (κ1) is 14.8. The summed E-state index contributed by atoms with van der Waals surface area (Å²) in [5.74, 6) is 0.409. The van der Waals surface area contributed by atoms with Crippen LogP contribution in [-0.4, -0.2) is 18.0 Å². The molecule has 1 aromatic heterocycles. The van der Waals surface area contributed by atoms with Gasteiger partial charge in [-0.15, -0.1) is 0 Å². The van der Waals surface area contributed by atoms with Crippen LogP contribution < -0.4 is 10.1 Å². The van der Waals surface area contributed by atoms with E-state index in [1.165, 1.54) is 11.3 Å². The van der Waals surface area contributed by atoms with Crippen LogP contribution in [0.2, 0.25) is 5.02 Å².